The van der Waals surface area contributed by atoms with Crippen LogP contribution < -0.4 is 0 Å². The molecule has 0 saturated heterocycles. The Morgan fingerprint density at radius 3 is 2.14 bits per heavy atom. The van der Waals surface area contributed by atoms with Crippen molar-refractivity contribution in [3.05, 3.63) is 89.3 Å². The topological polar surface area (TPSA) is 110 Å². The van der Waals surface area contributed by atoms with Crippen LogP contribution in [0.3, 0.4) is 0 Å². The molecular formula is C26H28F2N4O4. The minimum absolute atomic E-state index is 0.107. The van der Waals surface area contributed by atoms with Crippen molar-refractivity contribution in [2.24, 2.45) is 0 Å². The molecule has 2 aromatic carbocycles. The molecule has 1 heterocycles. The summed E-state index contributed by atoms with van der Waals surface area (Å²) in [6, 6.07) is 11.6. The average Bonchev–Trinajstić information content (AvgIpc) is 3.32. The fourth-order valence-electron chi connectivity index (χ4n) is 3.65. The predicted molar refractivity (Wildman–Crippen MR) is 129 cm³/mol. The molecule has 8 nitrogen and oxygen atoms in total. The number of esters is 1. The van der Waals surface area contributed by atoms with Crippen LogP contribution in [-0.2, 0) is 16.1 Å². The SMILES string of the molecule is CCOC(=O)CC(O)CC(O)/C=C/C(=C(c1ccc(F)cc1)c1ccc(F)cc1)c1nnnn1CC. The molecule has 0 amide bonds. The highest BCUT2D eigenvalue weighted by Crippen LogP contribution is 2.33. The molecule has 3 rings (SSSR count). The second-order valence-electron chi connectivity index (χ2n) is 7.95. The number of aromatic nitrogens is 4. The number of tetrazole rings is 1. The van der Waals surface area contributed by atoms with Crippen LogP contribution in [0.25, 0.3) is 11.1 Å². The zero-order valence-corrected chi connectivity index (χ0v) is 20.0. The van der Waals surface area contributed by atoms with E-state index in [1.807, 2.05) is 6.92 Å². The second-order valence-corrected chi connectivity index (χ2v) is 7.95. The molecule has 0 saturated carbocycles. The van der Waals surface area contributed by atoms with Crippen LogP contribution in [0.4, 0.5) is 8.78 Å². The van der Waals surface area contributed by atoms with E-state index in [1.54, 1.807) is 41.9 Å². The van der Waals surface area contributed by atoms with E-state index in [2.05, 4.69) is 15.5 Å². The van der Waals surface area contributed by atoms with E-state index in [4.69, 9.17) is 4.74 Å². The van der Waals surface area contributed by atoms with Crippen molar-refractivity contribution in [1.82, 2.24) is 20.2 Å². The smallest absolute Gasteiger partial charge is 0.308 e. The second kappa shape index (κ2) is 12.8. The molecule has 0 aliphatic heterocycles. The van der Waals surface area contributed by atoms with Gasteiger partial charge in [-0.25, -0.2) is 13.5 Å². The molecule has 2 atom stereocenters. The van der Waals surface area contributed by atoms with E-state index < -0.39 is 29.8 Å². The molecular weight excluding hydrogens is 470 g/mol. The van der Waals surface area contributed by atoms with Crippen molar-refractivity contribution >= 4 is 17.1 Å². The number of aryl methyl sites for hydroxylation is 1. The number of aliphatic hydroxyl groups is 2. The van der Waals surface area contributed by atoms with Gasteiger partial charge in [-0.1, -0.05) is 36.4 Å². The van der Waals surface area contributed by atoms with E-state index in [0.717, 1.165) is 0 Å². The summed E-state index contributed by atoms with van der Waals surface area (Å²) in [4.78, 5) is 11.6. The third-order valence-corrected chi connectivity index (χ3v) is 5.31. The maximum absolute atomic E-state index is 13.7. The molecule has 0 aliphatic carbocycles. The third-order valence-electron chi connectivity index (χ3n) is 5.31. The van der Waals surface area contributed by atoms with Crippen LogP contribution >= 0.6 is 0 Å². The zero-order chi connectivity index (χ0) is 26.1. The normalized spacial score (nSPS) is 12.9. The highest BCUT2D eigenvalue weighted by molar-refractivity contribution is 6.00. The van der Waals surface area contributed by atoms with Crippen molar-refractivity contribution in [3.63, 3.8) is 0 Å². The summed E-state index contributed by atoms with van der Waals surface area (Å²) in [6.07, 6.45) is 0.478. The maximum atomic E-state index is 13.7. The summed E-state index contributed by atoms with van der Waals surface area (Å²) in [5.74, 6) is -1.02. The molecule has 0 fully saturated rings. The predicted octanol–water partition coefficient (Wildman–Crippen LogP) is 3.55. The Morgan fingerprint density at radius 2 is 1.61 bits per heavy atom. The number of carbonyl (C=O) groups is 1. The number of halogens is 2. The van der Waals surface area contributed by atoms with Crippen molar-refractivity contribution in [2.45, 2.75) is 45.4 Å². The Kier molecular flexibility index (Phi) is 9.54. The van der Waals surface area contributed by atoms with Gasteiger partial charge in [-0.05, 0) is 65.2 Å². The lowest BCUT2D eigenvalue weighted by atomic mass is 9.91. The first-order valence-corrected chi connectivity index (χ1v) is 11.5. The standard InChI is InChI=1S/C26H28F2N4O4/c1-3-32-26(29-30-31-32)23(14-13-21(33)15-22(34)16-24(35)36-4-2)25(17-5-9-19(27)10-6-17)18-7-11-20(28)12-8-18/h5-14,21-22,33-34H,3-4,15-16H2,1-2H3/b14-13+. The minimum Gasteiger partial charge on any atom is -0.466 e. The maximum Gasteiger partial charge on any atom is 0.308 e. The third kappa shape index (κ3) is 7.12. The van der Waals surface area contributed by atoms with Gasteiger partial charge in [-0.15, -0.1) is 5.10 Å². The molecule has 2 N–H and O–H groups in total. The quantitative estimate of drug-likeness (QED) is 0.307. The number of rotatable bonds is 11. The number of carbonyl (C=O) groups excluding carboxylic acids is 1. The van der Waals surface area contributed by atoms with Crippen LogP contribution in [0.2, 0.25) is 0 Å². The van der Waals surface area contributed by atoms with Crippen LogP contribution in [0.15, 0.2) is 60.7 Å². The average molecular weight is 499 g/mol. The lowest BCUT2D eigenvalue weighted by Crippen LogP contribution is -2.20. The van der Waals surface area contributed by atoms with Crippen molar-refractivity contribution < 1.29 is 28.5 Å². The number of allylic oxidation sites excluding steroid dienone is 2. The molecule has 1 aromatic heterocycles. The highest BCUT2D eigenvalue weighted by Gasteiger charge is 2.19. The van der Waals surface area contributed by atoms with Gasteiger partial charge in [0, 0.05) is 18.5 Å². The summed E-state index contributed by atoms with van der Waals surface area (Å²) in [5, 5.41) is 32.6. The van der Waals surface area contributed by atoms with E-state index in [9.17, 15) is 23.8 Å². The van der Waals surface area contributed by atoms with Crippen molar-refractivity contribution in [2.75, 3.05) is 6.61 Å². The van der Waals surface area contributed by atoms with Gasteiger partial charge >= 0.3 is 5.97 Å². The summed E-state index contributed by atoms with van der Waals surface area (Å²) in [5.41, 5.74) is 2.30. The minimum atomic E-state index is -1.11. The largest absolute Gasteiger partial charge is 0.466 e. The Bertz CT molecular complexity index is 1160. The number of nitrogens with zero attached hydrogens (tertiary/aromatic N) is 4. The van der Waals surface area contributed by atoms with Gasteiger partial charge in [0.1, 0.15) is 11.6 Å². The molecule has 190 valence electrons. The number of hydrogen-bond donors (Lipinski definition) is 2. The van der Waals surface area contributed by atoms with E-state index in [-0.39, 0.29) is 19.4 Å². The monoisotopic (exact) mass is 498 g/mol. The fourth-order valence-corrected chi connectivity index (χ4v) is 3.65. The molecule has 0 spiro atoms. The first-order chi connectivity index (χ1) is 17.3. The molecule has 10 heteroatoms. The summed E-state index contributed by atoms with van der Waals surface area (Å²) in [7, 11) is 0. The Balaban J connectivity index is 2.08. The number of aliphatic hydroxyl groups excluding tert-OH is 2. The van der Waals surface area contributed by atoms with Crippen LogP contribution in [0.5, 0.6) is 0 Å². The number of ether oxygens (including phenoxy) is 1. The van der Waals surface area contributed by atoms with Crippen molar-refractivity contribution in [1.29, 1.82) is 0 Å². The highest BCUT2D eigenvalue weighted by atomic mass is 19.1. The van der Waals surface area contributed by atoms with Gasteiger partial charge in [0.15, 0.2) is 5.82 Å². The molecule has 3 aromatic rings. The van der Waals surface area contributed by atoms with Gasteiger partial charge in [0.05, 0.1) is 25.2 Å². The Morgan fingerprint density at radius 1 is 1.03 bits per heavy atom. The van der Waals surface area contributed by atoms with Crippen molar-refractivity contribution in [3.8, 4) is 0 Å². The molecule has 2 unspecified atom stereocenters. The summed E-state index contributed by atoms with van der Waals surface area (Å²) in [6.45, 7) is 4.17. The molecule has 0 aliphatic rings. The molecule has 36 heavy (non-hydrogen) atoms. The Labute approximate surface area is 207 Å². The van der Waals surface area contributed by atoms with Gasteiger partial charge in [-0.2, -0.15) is 0 Å². The lowest BCUT2D eigenvalue weighted by molar-refractivity contribution is -0.145. The summed E-state index contributed by atoms with van der Waals surface area (Å²) >= 11 is 0. The first-order valence-electron chi connectivity index (χ1n) is 11.5. The van der Waals surface area contributed by atoms with Crippen LogP contribution in [-0.4, -0.2) is 55.2 Å². The molecule has 0 bridgehead atoms. The van der Waals surface area contributed by atoms with E-state index >= 15 is 0 Å². The van der Waals surface area contributed by atoms with Crippen LogP contribution in [0.1, 0.15) is 43.6 Å². The van der Waals surface area contributed by atoms with Gasteiger partial charge in [0.2, 0.25) is 0 Å². The van der Waals surface area contributed by atoms with E-state index in [0.29, 0.717) is 34.6 Å². The van der Waals surface area contributed by atoms with E-state index in [1.165, 1.54) is 30.3 Å². The fraction of sp³-hybridized carbons (Fsp3) is 0.308. The van der Waals surface area contributed by atoms with Gasteiger partial charge in [0.25, 0.3) is 0 Å². The van der Waals surface area contributed by atoms with Gasteiger partial charge < -0.3 is 14.9 Å². The van der Waals surface area contributed by atoms with Crippen LogP contribution in [0, 0.1) is 11.6 Å². The van der Waals surface area contributed by atoms with Gasteiger partial charge in [-0.3, -0.25) is 4.79 Å². The molecule has 0 radical (unpaired) electrons. The number of hydrogen-bond acceptors (Lipinski definition) is 7. The summed E-state index contributed by atoms with van der Waals surface area (Å²) < 4.78 is 33.8. The lowest BCUT2D eigenvalue weighted by Gasteiger charge is -2.15. The first kappa shape index (κ1) is 26.8. The Hall–Kier alpha value is -3.76. The number of benzene rings is 2. The zero-order valence-electron chi connectivity index (χ0n) is 20.0.